The molecule has 2 saturated heterocycles. The van der Waals surface area contributed by atoms with Crippen LogP contribution in [0.1, 0.15) is 31.2 Å². The highest BCUT2D eigenvalue weighted by Gasteiger charge is 2.41. The van der Waals surface area contributed by atoms with Crippen molar-refractivity contribution in [2.75, 3.05) is 19.6 Å². The van der Waals surface area contributed by atoms with Crippen LogP contribution in [0.3, 0.4) is 0 Å². The van der Waals surface area contributed by atoms with E-state index in [4.69, 9.17) is 0 Å². The Morgan fingerprint density at radius 2 is 1.60 bits per heavy atom. The molecule has 0 unspecified atom stereocenters. The van der Waals surface area contributed by atoms with Crippen LogP contribution in [0.15, 0.2) is 61.6 Å². The topological polar surface area (TPSA) is 141 Å². The van der Waals surface area contributed by atoms with E-state index in [1.807, 2.05) is 0 Å². The molecule has 10 nitrogen and oxygen atoms in total. The number of sulfonamides is 1. The number of amides is 2. The fraction of sp³-hybridized carbons (Fsp3) is 0.417. The number of nitrogens with one attached hydrogen (secondary N) is 1. The zero-order valence-electron chi connectivity index (χ0n) is 20.8. The molecule has 2 N–H and O–H groups in total. The van der Waals surface area contributed by atoms with Gasteiger partial charge in [0.25, 0.3) is 0 Å². The van der Waals surface area contributed by atoms with Gasteiger partial charge in [0.15, 0.2) is 0 Å². The van der Waals surface area contributed by atoms with Crippen molar-refractivity contribution in [1.82, 2.24) is 14.5 Å². The average Bonchev–Trinajstić information content (AvgIpc) is 3.38. The summed E-state index contributed by atoms with van der Waals surface area (Å²) >= 11 is 3.14. The van der Waals surface area contributed by atoms with Crippen molar-refractivity contribution in [2.24, 2.45) is 0 Å². The predicted molar refractivity (Wildman–Crippen MR) is 139 cm³/mol. The maximum absolute atomic E-state index is 13.8. The van der Waals surface area contributed by atoms with Gasteiger partial charge in [0.05, 0.1) is 20.2 Å². The first-order valence-electron chi connectivity index (χ1n) is 12.1. The molecule has 2 amide bonds. The summed E-state index contributed by atoms with van der Waals surface area (Å²) in [7, 11) is -9.21. The lowest BCUT2D eigenvalue weighted by molar-refractivity contribution is -0.140. The molecule has 2 aliphatic heterocycles. The number of carbonyl (C=O) groups excluding carboxylic acids is 1. The van der Waals surface area contributed by atoms with E-state index in [2.05, 4.69) is 20.7 Å². The van der Waals surface area contributed by atoms with E-state index >= 15 is 0 Å². The predicted octanol–water partition coefficient (Wildman–Crippen LogP) is 3.71. The van der Waals surface area contributed by atoms with Crippen LogP contribution in [-0.2, 0) is 30.8 Å². The second-order valence-corrected chi connectivity index (χ2v) is 14.0. The van der Waals surface area contributed by atoms with Crippen molar-refractivity contribution >= 4 is 47.8 Å². The SMILES string of the molecule is O=C([C@@H]1CCCN1C(=O)O)N1CCC(NS(=O)(=O)c2cc(S(=O)(=O)c3cccc(Br)c3)ccc2C(F)(F)F)CC1. The molecular formula is C24H25BrF3N3O7S2. The van der Waals surface area contributed by atoms with E-state index in [0.29, 0.717) is 35.5 Å². The summed E-state index contributed by atoms with van der Waals surface area (Å²) in [6, 6.07) is 5.44. The highest BCUT2D eigenvalue weighted by Crippen LogP contribution is 2.37. The zero-order valence-corrected chi connectivity index (χ0v) is 24.0. The van der Waals surface area contributed by atoms with Gasteiger partial charge in [-0.3, -0.25) is 9.69 Å². The van der Waals surface area contributed by atoms with Gasteiger partial charge in [-0.15, -0.1) is 0 Å². The second kappa shape index (κ2) is 11.3. The van der Waals surface area contributed by atoms with Crippen molar-refractivity contribution in [3.05, 3.63) is 52.5 Å². The number of hydrogen-bond acceptors (Lipinski definition) is 6. The Hall–Kier alpha value is -2.69. The number of nitrogens with zero attached hydrogens (tertiary/aromatic N) is 2. The lowest BCUT2D eigenvalue weighted by atomic mass is 10.0. The monoisotopic (exact) mass is 667 g/mol. The van der Waals surface area contributed by atoms with Crippen molar-refractivity contribution in [3.63, 3.8) is 0 Å². The molecule has 0 radical (unpaired) electrons. The largest absolute Gasteiger partial charge is 0.465 e. The van der Waals surface area contributed by atoms with Crippen molar-refractivity contribution < 1.29 is 44.7 Å². The molecule has 2 heterocycles. The summed E-state index contributed by atoms with van der Waals surface area (Å²) in [6.07, 6.45) is -5.24. The second-order valence-electron chi connectivity index (χ2n) is 9.47. The molecular weight excluding hydrogens is 643 g/mol. The van der Waals surface area contributed by atoms with Gasteiger partial charge < -0.3 is 10.0 Å². The van der Waals surface area contributed by atoms with Crippen LogP contribution in [0.25, 0.3) is 0 Å². The standard InChI is InChI=1S/C24H25BrF3N3O7S2/c25-15-3-1-4-17(13-15)39(35,36)18-6-7-19(24(26,27)28)21(14-18)40(37,38)29-16-8-11-30(12-9-16)22(32)20-5-2-10-31(20)23(33)34/h1,3-4,6-7,13-14,16,20,29H,2,5,8-12H2,(H,33,34)/t20-/m0/s1. The molecule has 16 heteroatoms. The van der Waals surface area contributed by atoms with Gasteiger partial charge in [0.1, 0.15) is 6.04 Å². The van der Waals surface area contributed by atoms with E-state index in [9.17, 15) is 44.7 Å². The van der Waals surface area contributed by atoms with Crippen LogP contribution < -0.4 is 4.72 Å². The third kappa shape index (κ3) is 6.29. The van der Waals surface area contributed by atoms with Gasteiger partial charge in [0, 0.05) is 30.1 Å². The van der Waals surface area contributed by atoms with Crippen LogP contribution in [0.5, 0.6) is 0 Å². The number of halogens is 4. The number of carbonyl (C=O) groups is 2. The minimum Gasteiger partial charge on any atom is -0.465 e. The number of hydrogen-bond donors (Lipinski definition) is 2. The van der Waals surface area contributed by atoms with Crippen LogP contribution in [-0.4, -0.2) is 75.5 Å². The Balaban J connectivity index is 1.55. The molecule has 0 aliphatic carbocycles. The Labute approximate surface area is 237 Å². The number of piperidine rings is 1. The zero-order chi connectivity index (χ0) is 29.5. The number of likely N-dealkylation sites (tertiary alicyclic amines) is 2. The van der Waals surface area contributed by atoms with E-state index in [-0.39, 0.29) is 37.4 Å². The third-order valence-corrected chi connectivity index (χ3v) is 10.7. The van der Waals surface area contributed by atoms with Crippen molar-refractivity contribution in [2.45, 2.75) is 58.6 Å². The number of alkyl halides is 3. The molecule has 4 rings (SSSR count). The van der Waals surface area contributed by atoms with E-state index in [1.165, 1.54) is 23.1 Å². The van der Waals surface area contributed by atoms with Crippen LogP contribution in [0.2, 0.25) is 0 Å². The molecule has 0 spiro atoms. The highest BCUT2D eigenvalue weighted by atomic mass is 79.9. The van der Waals surface area contributed by atoms with Gasteiger partial charge in [-0.05, 0) is 62.1 Å². The fourth-order valence-electron chi connectivity index (χ4n) is 4.86. The lowest BCUT2D eigenvalue weighted by Gasteiger charge is -2.35. The minimum atomic E-state index is -5.09. The van der Waals surface area contributed by atoms with Gasteiger partial charge in [-0.1, -0.05) is 22.0 Å². The van der Waals surface area contributed by atoms with Gasteiger partial charge in [-0.25, -0.2) is 26.4 Å². The maximum atomic E-state index is 13.8. The average molecular weight is 669 g/mol. The maximum Gasteiger partial charge on any atom is 0.417 e. The van der Waals surface area contributed by atoms with Crippen LogP contribution in [0, 0.1) is 0 Å². The van der Waals surface area contributed by atoms with E-state index in [1.54, 1.807) is 6.07 Å². The molecule has 2 fully saturated rings. The van der Waals surface area contributed by atoms with Gasteiger partial charge in [-0.2, -0.15) is 13.2 Å². The van der Waals surface area contributed by atoms with E-state index in [0.717, 1.165) is 4.90 Å². The molecule has 0 aromatic heterocycles. The highest BCUT2D eigenvalue weighted by molar-refractivity contribution is 9.10. The summed E-state index contributed by atoms with van der Waals surface area (Å²) in [4.78, 5) is 24.6. The third-order valence-electron chi connectivity index (χ3n) is 6.88. The number of carboxylic acid groups (broad SMARTS) is 1. The Morgan fingerprint density at radius 3 is 2.20 bits per heavy atom. The number of sulfone groups is 1. The van der Waals surface area contributed by atoms with Crippen LogP contribution in [0.4, 0.5) is 18.0 Å². The quantitative estimate of drug-likeness (QED) is 0.478. The molecule has 218 valence electrons. The summed E-state index contributed by atoms with van der Waals surface area (Å²) in [5, 5.41) is 9.29. The Morgan fingerprint density at radius 1 is 0.950 bits per heavy atom. The molecule has 2 aromatic rings. The molecule has 1 atom stereocenters. The number of rotatable bonds is 6. The first-order chi connectivity index (χ1) is 18.6. The van der Waals surface area contributed by atoms with E-state index < -0.39 is 65.5 Å². The molecule has 0 saturated carbocycles. The molecule has 40 heavy (non-hydrogen) atoms. The van der Waals surface area contributed by atoms with Crippen LogP contribution >= 0.6 is 15.9 Å². The summed E-state index contributed by atoms with van der Waals surface area (Å²) in [5.74, 6) is -0.397. The first-order valence-corrected chi connectivity index (χ1v) is 15.9. The Bertz CT molecular complexity index is 1530. The smallest absolute Gasteiger partial charge is 0.417 e. The molecule has 0 bridgehead atoms. The molecule has 2 aromatic carbocycles. The van der Waals surface area contributed by atoms with Crippen molar-refractivity contribution in [3.8, 4) is 0 Å². The first kappa shape index (κ1) is 30.3. The molecule has 2 aliphatic rings. The van der Waals surface area contributed by atoms with Gasteiger partial charge in [0.2, 0.25) is 25.8 Å². The summed E-state index contributed by atoms with van der Waals surface area (Å²) in [5.41, 5.74) is -1.52. The summed E-state index contributed by atoms with van der Waals surface area (Å²) in [6.45, 7) is 0.374. The van der Waals surface area contributed by atoms with Gasteiger partial charge >= 0.3 is 12.3 Å². The minimum absolute atomic E-state index is 0.0689. The van der Waals surface area contributed by atoms with Crippen molar-refractivity contribution in [1.29, 1.82) is 0 Å². The number of benzene rings is 2. The summed E-state index contributed by atoms with van der Waals surface area (Å²) < 4.78 is 96.7. The lowest BCUT2D eigenvalue weighted by Crippen LogP contribution is -2.52. The fourth-order valence-corrected chi connectivity index (χ4v) is 8.37. The Kier molecular flexibility index (Phi) is 8.55. The normalized spacial score (nSPS) is 19.1.